The van der Waals surface area contributed by atoms with Crippen molar-refractivity contribution >= 4 is 27.5 Å². The quantitative estimate of drug-likeness (QED) is 0.581. The van der Waals surface area contributed by atoms with Crippen molar-refractivity contribution in [3.63, 3.8) is 0 Å². The Morgan fingerprint density at radius 2 is 1.70 bits per heavy atom. The predicted molar refractivity (Wildman–Crippen MR) is 134 cm³/mol. The van der Waals surface area contributed by atoms with Crippen LogP contribution >= 0.6 is 11.6 Å². The molecule has 1 fully saturated rings. The first kappa shape index (κ1) is 25.7. The third-order valence-corrected chi connectivity index (χ3v) is 8.31. The van der Waals surface area contributed by atoms with Gasteiger partial charge in [0.25, 0.3) is 0 Å². The summed E-state index contributed by atoms with van der Waals surface area (Å²) in [5, 5.41) is 3.36. The minimum atomic E-state index is -3.87. The summed E-state index contributed by atoms with van der Waals surface area (Å²) in [6.07, 6.45) is 2.91. The van der Waals surface area contributed by atoms with Gasteiger partial charge in [-0.3, -0.25) is 4.79 Å². The van der Waals surface area contributed by atoms with Gasteiger partial charge in [-0.1, -0.05) is 63.6 Å². The van der Waals surface area contributed by atoms with E-state index in [0.717, 1.165) is 24.8 Å². The maximum Gasteiger partial charge on any atom is 0.243 e. The number of carbonyl (C=O) groups is 1. The first-order valence-electron chi connectivity index (χ1n) is 11.6. The second kappa shape index (κ2) is 10.6. The van der Waals surface area contributed by atoms with E-state index in [1.54, 1.807) is 12.1 Å². The van der Waals surface area contributed by atoms with Crippen LogP contribution in [0.4, 0.5) is 0 Å². The van der Waals surface area contributed by atoms with E-state index >= 15 is 0 Å². The van der Waals surface area contributed by atoms with Gasteiger partial charge in [0.1, 0.15) is 6.04 Å². The van der Waals surface area contributed by atoms with Crippen molar-refractivity contribution in [2.24, 2.45) is 5.92 Å². The van der Waals surface area contributed by atoms with E-state index in [2.05, 4.69) is 50.4 Å². The fourth-order valence-electron chi connectivity index (χ4n) is 4.25. The molecule has 0 bridgehead atoms. The molecule has 5 nitrogen and oxygen atoms in total. The van der Waals surface area contributed by atoms with Gasteiger partial charge in [0.05, 0.1) is 4.90 Å². The van der Waals surface area contributed by atoms with Crippen LogP contribution in [0, 0.1) is 5.92 Å². The molecule has 1 amide bonds. The maximum atomic E-state index is 13.6. The average Bonchev–Trinajstić information content (AvgIpc) is 2.96. The van der Waals surface area contributed by atoms with E-state index in [1.807, 2.05) is 6.92 Å². The van der Waals surface area contributed by atoms with Crippen molar-refractivity contribution in [2.45, 2.75) is 69.7 Å². The fraction of sp³-hybridized carbons (Fsp3) is 0.500. The summed E-state index contributed by atoms with van der Waals surface area (Å²) in [5.41, 5.74) is 2.51. The molecule has 0 saturated carbocycles. The third kappa shape index (κ3) is 6.58. The normalized spacial score (nSPS) is 18.6. The number of rotatable bonds is 7. The molecule has 0 aromatic heterocycles. The van der Waals surface area contributed by atoms with Crippen LogP contribution in [0.1, 0.15) is 58.1 Å². The number of halogens is 1. The van der Waals surface area contributed by atoms with E-state index in [-0.39, 0.29) is 28.7 Å². The molecule has 1 heterocycles. The smallest absolute Gasteiger partial charge is 0.243 e. The van der Waals surface area contributed by atoms with Gasteiger partial charge in [0, 0.05) is 18.1 Å². The molecule has 1 saturated heterocycles. The van der Waals surface area contributed by atoms with E-state index in [0.29, 0.717) is 18.0 Å². The third-order valence-electron chi connectivity index (χ3n) is 6.17. The number of hydrogen-bond acceptors (Lipinski definition) is 3. The van der Waals surface area contributed by atoms with Gasteiger partial charge in [-0.2, -0.15) is 4.31 Å². The highest BCUT2D eigenvalue weighted by molar-refractivity contribution is 7.89. The average molecular weight is 491 g/mol. The summed E-state index contributed by atoms with van der Waals surface area (Å²) in [5.74, 6) is -0.185. The fourth-order valence-corrected chi connectivity index (χ4v) is 6.11. The van der Waals surface area contributed by atoms with Crippen LogP contribution in [0.25, 0.3) is 0 Å². The molecule has 33 heavy (non-hydrogen) atoms. The standard InChI is InChI=1S/C26H35ClN2O3S/c1-19(17-20-8-10-21(11-9-20)26(2,3)4)18-29(24-7-5-6-16-28-25(24)30)33(31,32)23-14-12-22(27)13-15-23/h8-15,19,24H,5-7,16-18H2,1-4H3,(H,28,30). The van der Waals surface area contributed by atoms with Gasteiger partial charge < -0.3 is 5.32 Å². The second-order valence-corrected chi connectivity index (χ2v) is 12.4. The predicted octanol–water partition coefficient (Wildman–Crippen LogP) is 5.18. The molecule has 2 aromatic rings. The Bertz CT molecular complexity index is 1040. The summed E-state index contributed by atoms with van der Waals surface area (Å²) >= 11 is 5.98. The van der Waals surface area contributed by atoms with Crippen LogP contribution in [0.2, 0.25) is 5.02 Å². The molecule has 2 unspecified atom stereocenters. The zero-order chi connectivity index (χ0) is 24.2. The number of hydrogen-bond donors (Lipinski definition) is 1. The number of benzene rings is 2. The van der Waals surface area contributed by atoms with Gasteiger partial charge in [-0.05, 0) is 72.4 Å². The molecule has 1 N–H and O–H groups in total. The monoisotopic (exact) mass is 490 g/mol. The molecule has 2 aromatic carbocycles. The van der Waals surface area contributed by atoms with Crippen molar-refractivity contribution in [1.82, 2.24) is 9.62 Å². The Morgan fingerprint density at radius 1 is 1.06 bits per heavy atom. The van der Waals surface area contributed by atoms with E-state index < -0.39 is 16.1 Å². The highest BCUT2D eigenvalue weighted by atomic mass is 35.5. The van der Waals surface area contributed by atoms with Gasteiger partial charge >= 0.3 is 0 Å². The largest absolute Gasteiger partial charge is 0.355 e. The second-order valence-electron chi connectivity index (χ2n) is 10.1. The number of sulfonamides is 1. The molecule has 1 aliphatic heterocycles. The molecule has 2 atom stereocenters. The molecular formula is C26H35ClN2O3S. The molecular weight excluding hydrogens is 456 g/mol. The first-order chi connectivity index (χ1) is 15.5. The zero-order valence-corrected chi connectivity index (χ0v) is 21.5. The number of amides is 1. The molecule has 0 radical (unpaired) electrons. The van der Waals surface area contributed by atoms with Gasteiger partial charge in [0.15, 0.2) is 0 Å². The number of nitrogens with one attached hydrogen (secondary N) is 1. The lowest BCUT2D eigenvalue weighted by Crippen LogP contribution is -2.50. The maximum absolute atomic E-state index is 13.6. The molecule has 7 heteroatoms. The van der Waals surface area contributed by atoms with Gasteiger partial charge in [-0.25, -0.2) is 8.42 Å². The summed E-state index contributed by atoms with van der Waals surface area (Å²) in [6, 6.07) is 14.0. The van der Waals surface area contributed by atoms with E-state index in [4.69, 9.17) is 11.6 Å². The number of nitrogens with zero attached hydrogens (tertiary/aromatic N) is 1. The topological polar surface area (TPSA) is 66.5 Å². The minimum Gasteiger partial charge on any atom is -0.355 e. The minimum absolute atomic E-state index is 0.0311. The lowest BCUT2D eigenvalue weighted by molar-refractivity contribution is -0.124. The highest BCUT2D eigenvalue weighted by Crippen LogP contribution is 2.27. The zero-order valence-electron chi connectivity index (χ0n) is 20.0. The van der Waals surface area contributed by atoms with E-state index in [1.165, 1.54) is 22.0 Å². The summed E-state index contributed by atoms with van der Waals surface area (Å²) in [7, 11) is -3.87. The van der Waals surface area contributed by atoms with Crippen LogP contribution < -0.4 is 5.32 Å². The summed E-state index contributed by atoms with van der Waals surface area (Å²) in [6.45, 7) is 9.44. The van der Waals surface area contributed by atoms with Crippen molar-refractivity contribution in [2.75, 3.05) is 13.1 Å². The van der Waals surface area contributed by atoms with Crippen LogP contribution in [-0.4, -0.2) is 37.8 Å². The van der Waals surface area contributed by atoms with Gasteiger partial charge in [-0.15, -0.1) is 0 Å². The lowest BCUT2D eigenvalue weighted by Gasteiger charge is -2.31. The Balaban J connectivity index is 1.86. The molecule has 1 aliphatic rings. The van der Waals surface area contributed by atoms with Crippen molar-refractivity contribution < 1.29 is 13.2 Å². The van der Waals surface area contributed by atoms with Crippen LogP contribution in [-0.2, 0) is 26.7 Å². The summed E-state index contributed by atoms with van der Waals surface area (Å²) < 4.78 is 28.7. The molecule has 180 valence electrons. The van der Waals surface area contributed by atoms with E-state index in [9.17, 15) is 13.2 Å². The van der Waals surface area contributed by atoms with Crippen molar-refractivity contribution in [1.29, 1.82) is 0 Å². The lowest BCUT2D eigenvalue weighted by atomic mass is 9.86. The Hall–Kier alpha value is -1.89. The van der Waals surface area contributed by atoms with Crippen LogP contribution in [0.3, 0.4) is 0 Å². The van der Waals surface area contributed by atoms with Crippen molar-refractivity contribution in [3.05, 3.63) is 64.7 Å². The molecule has 0 spiro atoms. The number of carbonyl (C=O) groups excluding carboxylic acids is 1. The SMILES string of the molecule is CC(Cc1ccc(C(C)(C)C)cc1)CN(C1CCCCNC1=O)S(=O)(=O)c1ccc(Cl)cc1. The molecule has 0 aliphatic carbocycles. The van der Waals surface area contributed by atoms with Crippen LogP contribution in [0.15, 0.2) is 53.4 Å². The van der Waals surface area contributed by atoms with Crippen LogP contribution in [0.5, 0.6) is 0 Å². The molecule has 3 rings (SSSR count). The Morgan fingerprint density at radius 3 is 2.30 bits per heavy atom. The Labute approximate surface area is 203 Å². The summed E-state index contributed by atoms with van der Waals surface area (Å²) in [4.78, 5) is 13.0. The first-order valence-corrected chi connectivity index (χ1v) is 13.4. The van der Waals surface area contributed by atoms with Gasteiger partial charge in [0.2, 0.25) is 15.9 Å². The Kier molecular flexibility index (Phi) is 8.25. The van der Waals surface area contributed by atoms with Crippen molar-refractivity contribution in [3.8, 4) is 0 Å². The highest BCUT2D eigenvalue weighted by Gasteiger charge is 2.37.